The van der Waals surface area contributed by atoms with Gasteiger partial charge in [0.2, 0.25) is 17.7 Å². The van der Waals surface area contributed by atoms with Gasteiger partial charge in [0, 0.05) is 41.9 Å². The molecule has 1 spiro atoms. The van der Waals surface area contributed by atoms with Crippen molar-refractivity contribution in [3.05, 3.63) is 72.4 Å². The summed E-state index contributed by atoms with van der Waals surface area (Å²) in [6, 6.07) is 15.2. The first-order valence-electron chi connectivity index (χ1n) is 11.8. The second kappa shape index (κ2) is 8.09. The van der Waals surface area contributed by atoms with Gasteiger partial charge in [-0.25, -0.2) is 0 Å². The molecule has 2 aromatic carbocycles. The molecule has 1 aromatic heterocycles. The largest absolute Gasteiger partial charge is 0.361 e. The Morgan fingerprint density at radius 3 is 2.77 bits per heavy atom. The Labute approximate surface area is 202 Å². The van der Waals surface area contributed by atoms with Crippen LogP contribution >= 0.6 is 0 Å². The van der Waals surface area contributed by atoms with Crippen LogP contribution in [0.3, 0.4) is 0 Å². The molecule has 6 rings (SSSR count). The molecule has 8 nitrogen and oxygen atoms in total. The molecule has 3 unspecified atom stereocenters. The Morgan fingerprint density at radius 2 is 1.97 bits per heavy atom. The van der Waals surface area contributed by atoms with Crippen LogP contribution in [-0.2, 0) is 25.5 Å². The lowest BCUT2D eigenvalue weighted by atomic mass is 9.77. The fourth-order valence-electron chi connectivity index (χ4n) is 5.72. The van der Waals surface area contributed by atoms with Crippen molar-refractivity contribution >= 4 is 40.0 Å². The zero-order chi connectivity index (χ0) is 24.2. The Kier molecular flexibility index (Phi) is 5.00. The van der Waals surface area contributed by atoms with Crippen molar-refractivity contribution < 1.29 is 19.1 Å². The average Bonchev–Trinajstić information content (AvgIpc) is 3.59. The molecule has 3 aliphatic rings. The first kappa shape index (κ1) is 21.6. The molecular formula is C27H26N4O4. The van der Waals surface area contributed by atoms with Crippen LogP contribution in [-0.4, -0.2) is 47.5 Å². The standard InChI is InChI=1S/C27H26N4O4/c1-16(32)30-18-6-8-19(9-7-18)31-15-27-12-10-22(35-27)23(24(27)26(31)34)25(33)28-13-11-17-14-29-21-5-3-2-4-20(17)21/h2-10,12,14,22-24,29H,11,13,15H2,1H3,(H,28,33)(H,30,32)/t22?,23?,24?,27-/m0/s1. The highest BCUT2D eigenvalue weighted by molar-refractivity contribution is 6.03. The summed E-state index contributed by atoms with van der Waals surface area (Å²) in [7, 11) is 0. The third-order valence-corrected chi connectivity index (χ3v) is 7.27. The molecule has 0 saturated carbocycles. The van der Waals surface area contributed by atoms with E-state index in [2.05, 4.69) is 21.7 Å². The van der Waals surface area contributed by atoms with Gasteiger partial charge >= 0.3 is 0 Å². The molecular weight excluding hydrogens is 444 g/mol. The summed E-state index contributed by atoms with van der Waals surface area (Å²) in [5, 5.41) is 6.92. The normalized spacial score (nSPS) is 26.4. The van der Waals surface area contributed by atoms with Crippen molar-refractivity contribution in [1.29, 1.82) is 0 Å². The fourth-order valence-corrected chi connectivity index (χ4v) is 5.72. The van der Waals surface area contributed by atoms with Crippen molar-refractivity contribution in [2.75, 3.05) is 23.3 Å². The predicted molar refractivity (Wildman–Crippen MR) is 132 cm³/mol. The van der Waals surface area contributed by atoms with Crippen LogP contribution in [0.15, 0.2) is 66.9 Å². The highest BCUT2D eigenvalue weighted by atomic mass is 16.5. The monoisotopic (exact) mass is 470 g/mol. The summed E-state index contributed by atoms with van der Waals surface area (Å²) in [5.74, 6) is -1.53. The number of hydrogen-bond acceptors (Lipinski definition) is 4. The van der Waals surface area contributed by atoms with E-state index >= 15 is 0 Å². The Hall–Kier alpha value is -3.91. The number of hydrogen-bond donors (Lipinski definition) is 3. The Balaban J connectivity index is 1.16. The molecule has 4 heterocycles. The van der Waals surface area contributed by atoms with Gasteiger partial charge in [-0.05, 0) is 42.3 Å². The Bertz CT molecular complexity index is 1360. The van der Waals surface area contributed by atoms with E-state index in [0.29, 0.717) is 30.9 Å². The molecule has 3 aromatic rings. The van der Waals surface area contributed by atoms with Crippen LogP contribution in [0.25, 0.3) is 10.9 Å². The van der Waals surface area contributed by atoms with Gasteiger partial charge in [0.15, 0.2) is 0 Å². The number of rotatable bonds is 6. The third kappa shape index (κ3) is 3.52. The minimum absolute atomic E-state index is 0.110. The van der Waals surface area contributed by atoms with Gasteiger partial charge in [-0.3, -0.25) is 14.4 Å². The van der Waals surface area contributed by atoms with Crippen molar-refractivity contribution in [3.63, 3.8) is 0 Å². The number of benzene rings is 2. The van der Waals surface area contributed by atoms with E-state index in [1.807, 2.05) is 36.5 Å². The summed E-state index contributed by atoms with van der Waals surface area (Å²) in [4.78, 5) is 43.0. The van der Waals surface area contributed by atoms with Gasteiger partial charge in [-0.1, -0.05) is 30.4 Å². The first-order valence-corrected chi connectivity index (χ1v) is 11.8. The lowest BCUT2D eigenvalue weighted by Crippen LogP contribution is -2.44. The van der Waals surface area contributed by atoms with Crippen molar-refractivity contribution in [1.82, 2.24) is 10.3 Å². The maximum Gasteiger partial charge on any atom is 0.234 e. The SMILES string of the molecule is CC(=O)Nc1ccc(N2C[C@]34C=CC(O3)C(C(=O)NCCc3c[nH]c5ccccc35)C4C2=O)cc1. The number of amides is 3. The van der Waals surface area contributed by atoms with Gasteiger partial charge in [-0.2, -0.15) is 0 Å². The predicted octanol–water partition coefficient (Wildman–Crippen LogP) is 2.77. The lowest BCUT2D eigenvalue weighted by molar-refractivity contribution is -0.131. The van der Waals surface area contributed by atoms with Crippen molar-refractivity contribution in [2.24, 2.45) is 11.8 Å². The molecule has 2 bridgehead atoms. The lowest BCUT2D eigenvalue weighted by Gasteiger charge is -2.23. The van der Waals surface area contributed by atoms with Crippen molar-refractivity contribution in [2.45, 2.75) is 25.0 Å². The molecule has 2 fully saturated rings. The molecule has 4 atom stereocenters. The van der Waals surface area contributed by atoms with E-state index in [4.69, 9.17) is 4.74 Å². The fraction of sp³-hybridized carbons (Fsp3) is 0.296. The Morgan fingerprint density at radius 1 is 1.17 bits per heavy atom. The molecule has 3 amide bonds. The number of aromatic amines is 1. The second-order valence-corrected chi connectivity index (χ2v) is 9.45. The van der Waals surface area contributed by atoms with Crippen LogP contribution < -0.4 is 15.5 Å². The van der Waals surface area contributed by atoms with Crippen molar-refractivity contribution in [3.8, 4) is 0 Å². The van der Waals surface area contributed by atoms with E-state index in [-0.39, 0.29) is 23.8 Å². The number of aromatic nitrogens is 1. The zero-order valence-electron chi connectivity index (χ0n) is 19.3. The number of fused-ring (bicyclic) bond motifs is 2. The molecule has 0 aliphatic carbocycles. The maximum absolute atomic E-state index is 13.5. The number of carbonyl (C=O) groups excluding carboxylic acids is 3. The zero-order valence-corrected chi connectivity index (χ0v) is 19.3. The molecule has 3 aliphatic heterocycles. The van der Waals surface area contributed by atoms with E-state index in [1.54, 1.807) is 29.2 Å². The van der Waals surface area contributed by atoms with Gasteiger partial charge in [-0.15, -0.1) is 0 Å². The maximum atomic E-state index is 13.5. The van der Waals surface area contributed by atoms with Gasteiger partial charge in [0.05, 0.1) is 24.5 Å². The van der Waals surface area contributed by atoms with E-state index in [0.717, 1.165) is 16.5 Å². The third-order valence-electron chi connectivity index (χ3n) is 7.27. The van der Waals surface area contributed by atoms with Crippen LogP contribution in [0, 0.1) is 11.8 Å². The van der Waals surface area contributed by atoms with Crippen LogP contribution in [0.4, 0.5) is 11.4 Å². The molecule has 8 heteroatoms. The van der Waals surface area contributed by atoms with Gasteiger partial charge < -0.3 is 25.3 Å². The minimum atomic E-state index is -0.781. The number of para-hydroxylation sites is 1. The average molecular weight is 471 g/mol. The number of carbonyl (C=O) groups is 3. The molecule has 3 N–H and O–H groups in total. The number of anilines is 2. The smallest absolute Gasteiger partial charge is 0.234 e. The number of H-pyrrole nitrogens is 1. The molecule has 2 saturated heterocycles. The first-order chi connectivity index (χ1) is 16.9. The topological polar surface area (TPSA) is 104 Å². The minimum Gasteiger partial charge on any atom is -0.361 e. The van der Waals surface area contributed by atoms with Crippen LogP contribution in [0.1, 0.15) is 12.5 Å². The highest BCUT2D eigenvalue weighted by Crippen LogP contribution is 2.52. The summed E-state index contributed by atoms with van der Waals surface area (Å²) in [6.07, 6.45) is 6.14. The van der Waals surface area contributed by atoms with Gasteiger partial charge in [0.25, 0.3) is 0 Å². The van der Waals surface area contributed by atoms with E-state index in [9.17, 15) is 14.4 Å². The number of ether oxygens (including phenoxy) is 1. The number of nitrogens with zero attached hydrogens (tertiary/aromatic N) is 1. The molecule has 35 heavy (non-hydrogen) atoms. The molecule has 0 radical (unpaired) electrons. The summed E-state index contributed by atoms with van der Waals surface area (Å²) < 4.78 is 6.23. The number of nitrogens with one attached hydrogen (secondary N) is 3. The quantitative estimate of drug-likeness (QED) is 0.482. The van der Waals surface area contributed by atoms with E-state index < -0.39 is 17.4 Å². The summed E-state index contributed by atoms with van der Waals surface area (Å²) in [5.41, 5.74) is 2.82. The second-order valence-electron chi connectivity index (χ2n) is 9.45. The van der Waals surface area contributed by atoms with E-state index in [1.165, 1.54) is 6.92 Å². The van der Waals surface area contributed by atoms with Crippen LogP contribution in [0.5, 0.6) is 0 Å². The highest BCUT2D eigenvalue weighted by Gasteiger charge is 2.67. The summed E-state index contributed by atoms with van der Waals surface area (Å²) >= 11 is 0. The molecule has 178 valence electrons. The van der Waals surface area contributed by atoms with Crippen LogP contribution in [0.2, 0.25) is 0 Å². The van der Waals surface area contributed by atoms with Gasteiger partial charge in [0.1, 0.15) is 5.60 Å². The summed E-state index contributed by atoms with van der Waals surface area (Å²) in [6.45, 7) is 2.29.